The Morgan fingerprint density at radius 2 is 2.05 bits per heavy atom. The summed E-state index contributed by atoms with van der Waals surface area (Å²) in [4.78, 5) is 26.7. The van der Waals surface area contributed by atoms with Crippen molar-refractivity contribution in [1.82, 2.24) is 10.2 Å². The topological polar surface area (TPSA) is 75.4 Å². The molecule has 0 saturated carbocycles. The number of hydrogen-bond acceptors (Lipinski definition) is 3. The second-order valence-electron chi connectivity index (χ2n) is 6.96. The number of rotatable bonds is 7. The van der Waals surface area contributed by atoms with E-state index in [2.05, 4.69) is 12.2 Å². The van der Waals surface area contributed by atoms with Crippen molar-refractivity contribution in [2.75, 3.05) is 13.1 Å². The Labute approximate surface area is 135 Å². The second-order valence-corrected chi connectivity index (χ2v) is 6.96. The number of carbonyl (C=O) groups is 2. The quantitative estimate of drug-likeness (QED) is 0.755. The van der Waals surface area contributed by atoms with Gasteiger partial charge in [0.05, 0.1) is 11.5 Å². The van der Waals surface area contributed by atoms with Crippen LogP contribution in [0.2, 0.25) is 0 Å². The lowest BCUT2D eigenvalue weighted by Crippen LogP contribution is -2.56. The highest BCUT2D eigenvalue weighted by molar-refractivity contribution is 5.87. The molecule has 1 saturated heterocycles. The van der Waals surface area contributed by atoms with E-state index in [0.717, 1.165) is 32.1 Å². The van der Waals surface area contributed by atoms with Crippen LogP contribution in [0.15, 0.2) is 0 Å². The fraction of sp³-hybridized carbons (Fsp3) is 0.882. The molecular weight excluding hydrogens is 278 g/mol. The van der Waals surface area contributed by atoms with E-state index < -0.39 is 5.54 Å². The van der Waals surface area contributed by atoms with Crippen LogP contribution >= 0.6 is 0 Å². The molecule has 128 valence electrons. The number of amides is 2. The van der Waals surface area contributed by atoms with Crippen LogP contribution in [-0.4, -0.2) is 41.4 Å². The van der Waals surface area contributed by atoms with Gasteiger partial charge >= 0.3 is 0 Å². The number of carbonyl (C=O) groups excluding carboxylic acids is 2. The number of piperidine rings is 1. The van der Waals surface area contributed by atoms with Gasteiger partial charge in [0.1, 0.15) is 0 Å². The first-order valence-electron chi connectivity index (χ1n) is 8.70. The van der Waals surface area contributed by atoms with Crippen LogP contribution in [-0.2, 0) is 9.59 Å². The Morgan fingerprint density at radius 3 is 2.64 bits per heavy atom. The average molecular weight is 311 g/mol. The third-order valence-electron chi connectivity index (χ3n) is 4.45. The van der Waals surface area contributed by atoms with Crippen LogP contribution in [0.5, 0.6) is 0 Å². The molecule has 22 heavy (non-hydrogen) atoms. The van der Waals surface area contributed by atoms with Crippen molar-refractivity contribution in [1.29, 1.82) is 0 Å². The smallest absolute Gasteiger partial charge is 0.242 e. The zero-order chi connectivity index (χ0) is 16.8. The van der Waals surface area contributed by atoms with E-state index >= 15 is 0 Å². The van der Waals surface area contributed by atoms with Gasteiger partial charge in [0.25, 0.3) is 0 Å². The summed E-state index contributed by atoms with van der Waals surface area (Å²) in [7, 11) is 0. The summed E-state index contributed by atoms with van der Waals surface area (Å²) in [5.74, 6) is -0.0458. The number of nitrogens with two attached hydrogens (primary N) is 1. The molecule has 2 amide bonds. The van der Waals surface area contributed by atoms with Gasteiger partial charge in [-0.05, 0) is 39.5 Å². The lowest BCUT2D eigenvalue weighted by Gasteiger charge is -2.37. The van der Waals surface area contributed by atoms with Crippen molar-refractivity contribution >= 4 is 11.8 Å². The SMILES string of the molecule is CCCC(C)NC(=O)C1CCCN(C(=O)C(C)(N)CCC)C1. The largest absolute Gasteiger partial charge is 0.353 e. The third kappa shape index (κ3) is 5.27. The van der Waals surface area contributed by atoms with Crippen molar-refractivity contribution < 1.29 is 9.59 Å². The average Bonchev–Trinajstić information content (AvgIpc) is 2.46. The molecule has 3 N–H and O–H groups in total. The Bertz CT molecular complexity index is 382. The predicted octanol–water partition coefficient (Wildman–Crippen LogP) is 2.05. The lowest BCUT2D eigenvalue weighted by atomic mass is 9.91. The first kappa shape index (κ1) is 18.9. The molecule has 1 rings (SSSR count). The Hall–Kier alpha value is -1.10. The third-order valence-corrected chi connectivity index (χ3v) is 4.45. The van der Waals surface area contributed by atoms with Crippen LogP contribution in [0.3, 0.4) is 0 Å². The van der Waals surface area contributed by atoms with E-state index in [4.69, 9.17) is 5.73 Å². The molecular formula is C17H33N3O2. The van der Waals surface area contributed by atoms with Crippen LogP contribution in [0.4, 0.5) is 0 Å². The van der Waals surface area contributed by atoms with Crippen LogP contribution < -0.4 is 11.1 Å². The molecule has 5 heteroatoms. The van der Waals surface area contributed by atoms with Gasteiger partial charge in [0, 0.05) is 19.1 Å². The molecule has 0 bridgehead atoms. The van der Waals surface area contributed by atoms with Gasteiger partial charge in [-0.1, -0.05) is 26.7 Å². The molecule has 5 nitrogen and oxygen atoms in total. The molecule has 1 fully saturated rings. The molecule has 0 aliphatic carbocycles. The van der Waals surface area contributed by atoms with Crippen molar-refractivity contribution in [2.45, 2.75) is 77.8 Å². The number of nitrogens with zero attached hydrogens (tertiary/aromatic N) is 1. The van der Waals surface area contributed by atoms with Gasteiger partial charge in [0.15, 0.2) is 0 Å². The van der Waals surface area contributed by atoms with Crippen molar-refractivity contribution in [2.24, 2.45) is 11.7 Å². The molecule has 0 spiro atoms. The van der Waals surface area contributed by atoms with E-state index in [9.17, 15) is 9.59 Å². The highest BCUT2D eigenvalue weighted by Crippen LogP contribution is 2.21. The monoisotopic (exact) mass is 311 g/mol. The minimum atomic E-state index is -0.817. The molecule has 3 unspecified atom stereocenters. The van der Waals surface area contributed by atoms with E-state index in [-0.39, 0.29) is 23.8 Å². The second kappa shape index (κ2) is 8.51. The van der Waals surface area contributed by atoms with Crippen molar-refractivity contribution in [3.05, 3.63) is 0 Å². The molecule has 0 radical (unpaired) electrons. The number of nitrogens with one attached hydrogen (secondary N) is 1. The molecule has 0 aromatic heterocycles. The van der Waals surface area contributed by atoms with Gasteiger partial charge < -0.3 is 16.0 Å². The minimum absolute atomic E-state index is 0.0199. The van der Waals surface area contributed by atoms with E-state index in [0.29, 0.717) is 19.5 Å². The zero-order valence-corrected chi connectivity index (χ0v) is 14.7. The van der Waals surface area contributed by atoms with Crippen LogP contribution in [0.1, 0.15) is 66.2 Å². The molecule has 1 heterocycles. The first-order chi connectivity index (χ1) is 10.3. The molecule has 3 atom stereocenters. The van der Waals surface area contributed by atoms with Gasteiger partial charge in [-0.2, -0.15) is 0 Å². The summed E-state index contributed by atoms with van der Waals surface area (Å²) in [6.07, 6.45) is 5.31. The van der Waals surface area contributed by atoms with Crippen molar-refractivity contribution in [3.8, 4) is 0 Å². The standard InChI is InChI=1S/C17H33N3O2/c1-5-8-13(3)19-15(21)14-9-7-11-20(12-14)16(22)17(4,18)10-6-2/h13-14H,5-12,18H2,1-4H3,(H,19,21). The van der Waals surface area contributed by atoms with Gasteiger partial charge in [-0.3, -0.25) is 9.59 Å². The molecule has 1 aliphatic heterocycles. The Balaban J connectivity index is 2.60. The van der Waals surface area contributed by atoms with E-state index in [1.807, 2.05) is 13.8 Å². The maximum absolute atomic E-state index is 12.6. The lowest BCUT2D eigenvalue weighted by molar-refractivity contribution is -0.140. The fourth-order valence-corrected chi connectivity index (χ4v) is 3.23. The Morgan fingerprint density at radius 1 is 1.36 bits per heavy atom. The summed E-state index contributed by atoms with van der Waals surface area (Å²) in [6, 6.07) is 0.198. The maximum Gasteiger partial charge on any atom is 0.242 e. The maximum atomic E-state index is 12.6. The predicted molar refractivity (Wildman–Crippen MR) is 89.3 cm³/mol. The summed E-state index contributed by atoms with van der Waals surface area (Å²) in [6.45, 7) is 9.18. The molecule has 1 aliphatic rings. The fourth-order valence-electron chi connectivity index (χ4n) is 3.23. The zero-order valence-electron chi connectivity index (χ0n) is 14.7. The van der Waals surface area contributed by atoms with E-state index in [1.54, 1.807) is 11.8 Å². The summed E-state index contributed by atoms with van der Waals surface area (Å²) >= 11 is 0. The highest BCUT2D eigenvalue weighted by atomic mass is 16.2. The normalized spacial score (nSPS) is 22.8. The van der Waals surface area contributed by atoms with Gasteiger partial charge in [-0.25, -0.2) is 0 Å². The molecule has 0 aromatic carbocycles. The number of likely N-dealkylation sites (tertiary alicyclic amines) is 1. The van der Waals surface area contributed by atoms with Gasteiger partial charge in [0.2, 0.25) is 11.8 Å². The van der Waals surface area contributed by atoms with Crippen LogP contribution in [0.25, 0.3) is 0 Å². The minimum Gasteiger partial charge on any atom is -0.353 e. The Kier molecular flexibility index (Phi) is 7.33. The summed E-state index contributed by atoms with van der Waals surface area (Å²) in [5.41, 5.74) is 5.33. The summed E-state index contributed by atoms with van der Waals surface area (Å²) in [5, 5.41) is 3.07. The van der Waals surface area contributed by atoms with E-state index in [1.165, 1.54) is 0 Å². The van der Waals surface area contributed by atoms with Crippen molar-refractivity contribution in [3.63, 3.8) is 0 Å². The first-order valence-corrected chi connectivity index (χ1v) is 8.70. The summed E-state index contributed by atoms with van der Waals surface area (Å²) < 4.78 is 0. The highest BCUT2D eigenvalue weighted by Gasteiger charge is 2.36. The van der Waals surface area contributed by atoms with Crippen LogP contribution in [0, 0.1) is 5.92 Å². The van der Waals surface area contributed by atoms with Gasteiger partial charge in [-0.15, -0.1) is 0 Å². The number of hydrogen-bond donors (Lipinski definition) is 2. The molecule has 0 aromatic rings.